The number of aromatic nitrogens is 3. The van der Waals surface area contributed by atoms with E-state index in [9.17, 15) is 0 Å². The van der Waals surface area contributed by atoms with Gasteiger partial charge in [-0.15, -0.1) is 9.35 Å². The van der Waals surface area contributed by atoms with Gasteiger partial charge in [-0.2, -0.15) is 15.0 Å². The van der Waals surface area contributed by atoms with Crippen molar-refractivity contribution in [2.75, 3.05) is 31.4 Å². The van der Waals surface area contributed by atoms with E-state index >= 15 is 0 Å². The number of hydrogen-bond acceptors (Lipinski definition) is 10. The molecule has 1 heterocycles. The maximum absolute atomic E-state index is 8.75. The molecule has 1 rings (SSSR count). The van der Waals surface area contributed by atoms with Crippen LogP contribution in [0, 0.1) is 0 Å². The van der Waals surface area contributed by atoms with E-state index in [4.69, 9.17) is 16.5 Å². The molecule has 0 aromatic carbocycles. The van der Waals surface area contributed by atoms with Crippen molar-refractivity contribution >= 4 is 42.0 Å². The second-order valence-corrected chi connectivity index (χ2v) is 6.99. The Morgan fingerprint density at radius 1 is 1.17 bits per heavy atom. The molecule has 0 radical (unpaired) electrons. The van der Waals surface area contributed by atoms with Crippen LogP contribution in [-0.2, 0) is 30.9 Å². The molecule has 0 saturated heterocycles. The standard InChI is InChI=1S/C8H14ClN5.C2H7O5PS/c1-4-10-7-12-6(9)13-8(14-7)11-5(2)3;1-4-6-8(3,9)7-5-2/h5H,4H2,1-3H3,(H2,10,11,12,13,14);1-2H3,(H,3,9). The summed E-state index contributed by atoms with van der Waals surface area (Å²) in [7, 11) is 2.41. The van der Waals surface area contributed by atoms with Crippen LogP contribution in [0.2, 0.25) is 5.28 Å². The molecular weight excluding hydrogens is 369 g/mol. The van der Waals surface area contributed by atoms with E-state index < -0.39 is 6.72 Å². The molecule has 0 aliphatic heterocycles. The van der Waals surface area contributed by atoms with E-state index in [1.54, 1.807) is 0 Å². The largest absolute Gasteiger partial charge is 0.380 e. The highest BCUT2D eigenvalue weighted by molar-refractivity contribution is 8.07. The summed E-state index contributed by atoms with van der Waals surface area (Å²) in [4.78, 5) is 28.9. The lowest BCUT2D eigenvalue weighted by Gasteiger charge is -2.09. The summed E-state index contributed by atoms with van der Waals surface area (Å²) in [6.07, 6.45) is 0. The zero-order valence-electron chi connectivity index (χ0n) is 13.4. The molecular formula is C10H21ClN5O5PS. The molecule has 1 aromatic heterocycles. The van der Waals surface area contributed by atoms with Gasteiger partial charge in [-0.3, -0.25) is 0 Å². The van der Waals surface area contributed by atoms with Gasteiger partial charge in [-0.05, 0) is 44.2 Å². The number of rotatable bonds is 8. The average Bonchev–Trinajstić information content (AvgIpc) is 2.37. The second kappa shape index (κ2) is 11.8. The van der Waals surface area contributed by atoms with Crippen LogP contribution in [0.15, 0.2) is 0 Å². The van der Waals surface area contributed by atoms with Crippen molar-refractivity contribution in [3.63, 3.8) is 0 Å². The minimum atomic E-state index is -3.30. The first kappa shape index (κ1) is 22.4. The average molecular weight is 390 g/mol. The van der Waals surface area contributed by atoms with Crippen molar-refractivity contribution in [1.82, 2.24) is 15.0 Å². The summed E-state index contributed by atoms with van der Waals surface area (Å²) in [6.45, 7) is 3.42. The lowest BCUT2D eigenvalue weighted by molar-refractivity contribution is -0.243. The summed E-state index contributed by atoms with van der Waals surface area (Å²) < 4.78 is 8.21. The molecule has 0 fully saturated rings. The first-order chi connectivity index (χ1) is 10.7. The molecule has 10 nitrogen and oxygen atoms in total. The van der Waals surface area contributed by atoms with Gasteiger partial charge in [0.25, 0.3) is 0 Å². The fourth-order valence-corrected chi connectivity index (χ4v) is 2.04. The Hall–Kier alpha value is -0.650. The van der Waals surface area contributed by atoms with Gasteiger partial charge in [0.1, 0.15) is 0 Å². The summed E-state index contributed by atoms with van der Waals surface area (Å²) in [5.41, 5.74) is 0. The van der Waals surface area contributed by atoms with Crippen LogP contribution in [-0.4, -0.2) is 46.7 Å². The maximum atomic E-state index is 8.75. The lowest BCUT2D eigenvalue weighted by Crippen LogP contribution is -2.14. The number of anilines is 2. The molecule has 134 valence electrons. The van der Waals surface area contributed by atoms with Crippen molar-refractivity contribution in [2.45, 2.75) is 26.8 Å². The van der Waals surface area contributed by atoms with Gasteiger partial charge in [0.2, 0.25) is 17.2 Å². The Balaban J connectivity index is 0.000000468. The van der Waals surface area contributed by atoms with Gasteiger partial charge < -0.3 is 15.5 Å². The van der Waals surface area contributed by atoms with Gasteiger partial charge in [-0.1, -0.05) is 0 Å². The van der Waals surface area contributed by atoms with Gasteiger partial charge in [0.05, 0.1) is 14.2 Å². The molecule has 0 amide bonds. The Morgan fingerprint density at radius 3 is 2.13 bits per heavy atom. The molecule has 13 heteroatoms. The fourth-order valence-electron chi connectivity index (χ4n) is 1.11. The van der Waals surface area contributed by atoms with Crippen LogP contribution in [0.25, 0.3) is 0 Å². The van der Waals surface area contributed by atoms with E-state index in [1.807, 2.05) is 20.8 Å². The SMILES string of the molecule is CCNc1nc(Cl)nc(NC(C)C)n1.COOP(O)(=S)OOC. The van der Waals surface area contributed by atoms with E-state index in [0.29, 0.717) is 11.9 Å². The van der Waals surface area contributed by atoms with Crippen molar-refractivity contribution in [3.8, 4) is 0 Å². The smallest absolute Gasteiger partial charge is 0.354 e. The van der Waals surface area contributed by atoms with E-state index in [1.165, 1.54) is 14.2 Å². The highest BCUT2D eigenvalue weighted by Gasteiger charge is 2.15. The molecule has 23 heavy (non-hydrogen) atoms. The number of nitrogens with zero attached hydrogens (tertiary/aromatic N) is 3. The Labute approximate surface area is 145 Å². The zero-order chi connectivity index (χ0) is 17.9. The molecule has 0 atom stereocenters. The minimum absolute atomic E-state index is 0.194. The predicted octanol–water partition coefficient (Wildman–Crippen LogP) is 2.14. The predicted molar refractivity (Wildman–Crippen MR) is 90.5 cm³/mol. The molecule has 0 aliphatic carbocycles. The second-order valence-electron chi connectivity index (χ2n) is 4.03. The highest BCUT2D eigenvalue weighted by atomic mass is 35.5. The van der Waals surface area contributed by atoms with Crippen molar-refractivity contribution in [3.05, 3.63) is 5.28 Å². The van der Waals surface area contributed by atoms with Crippen LogP contribution in [0.5, 0.6) is 0 Å². The normalized spacial score (nSPS) is 11.0. The highest BCUT2D eigenvalue weighted by Crippen LogP contribution is 2.43. The van der Waals surface area contributed by atoms with Crippen molar-refractivity contribution in [2.24, 2.45) is 0 Å². The Morgan fingerprint density at radius 2 is 1.70 bits per heavy atom. The Kier molecular flexibility index (Phi) is 11.5. The maximum Gasteiger partial charge on any atom is 0.380 e. The van der Waals surface area contributed by atoms with E-state index in [-0.39, 0.29) is 11.3 Å². The van der Waals surface area contributed by atoms with E-state index in [0.717, 1.165) is 6.54 Å². The van der Waals surface area contributed by atoms with Gasteiger partial charge in [-0.25, -0.2) is 9.78 Å². The summed E-state index contributed by atoms with van der Waals surface area (Å²) >= 11 is 10.0. The van der Waals surface area contributed by atoms with Crippen LogP contribution >= 0.6 is 18.3 Å². The first-order valence-electron chi connectivity index (χ1n) is 6.43. The first-order valence-corrected chi connectivity index (χ1v) is 9.40. The molecule has 0 saturated carbocycles. The molecule has 0 aliphatic rings. The van der Waals surface area contributed by atoms with E-state index in [2.05, 4.69) is 56.5 Å². The molecule has 3 N–H and O–H groups in total. The van der Waals surface area contributed by atoms with Gasteiger partial charge >= 0.3 is 6.72 Å². The zero-order valence-corrected chi connectivity index (χ0v) is 15.9. The van der Waals surface area contributed by atoms with Crippen LogP contribution < -0.4 is 10.6 Å². The molecule has 0 bridgehead atoms. The van der Waals surface area contributed by atoms with Crippen LogP contribution in [0.1, 0.15) is 20.8 Å². The number of nitrogens with one attached hydrogen (secondary N) is 2. The number of hydrogen-bond donors (Lipinski definition) is 3. The van der Waals surface area contributed by atoms with Gasteiger partial charge in [0, 0.05) is 12.6 Å². The van der Waals surface area contributed by atoms with Crippen LogP contribution in [0.4, 0.5) is 11.9 Å². The minimum Gasteiger partial charge on any atom is -0.354 e. The molecule has 0 unspecified atom stereocenters. The lowest BCUT2D eigenvalue weighted by atomic mass is 10.4. The molecule has 1 aromatic rings. The third kappa shape index (κ3) is 11.5. The van der Waals surface area contributed by atoms with Crippen molar-refractivity contribution < 1.29 is 24.0 Å². The fraction of sp³-hybridized carbons (Fsp3) is 0.700. The Bertz CT molecular complexity index is 503. The van der Waals surface area contributed by atoms with Crippen LogP contribution in [0.3, 0.4) is 0 Å². The van der Waals surface area contributed by atoms with Crippen molar-refractivity contribution in [1.29, 1.82) is 0 Å². The summed E-state index contributed by atoms with van der Waals surface area (Å²) in [5.74, 6) is 0.992. The quantitative estimate of drug-likeness (QED) is 0.344. The third-order valence-electron chi connectivity index (χ3n) is 1.70. The summed E-state index contributed by atoms with van der Waals surface area (Å²) in [5, 5.41) is 6.23. The number of halogens is 1. The van der Waals surface area contributed by atoms with Gasteiger partial charge in [0.15, 0.2) is 0 Å². The summed E-state index contributed by atoms with van der Waals surface area (Å²) in [6, 6.07) is 0.267. The molecule has 0 spiro atoms. The third-order valence-corrected chi connectivity index (χ3v) is 2.91. The monoisotopic (exact) mass is 389 g/mol. The topological polar surface area (TPSA) is 120 Å².